The standard InChI is InChI=1S/C11H17N3O5S/c1-7-9(11(15)16)10(13-12-7)20(17,18)14(2)8-3-5-19-6-4-8/h8H,3-6H2,1-2H3,(H,12,13)(H,15,16). The normalized spacial score (nSPS) is 17.6. The van der Waals surface area contributed by atoms with Crippen molar-refractivity contribution in [3.8, 4) is 0 Å². The maximum atomic E-state index is 12.5. The van der Waals surface area contributed by atoms with Gasteiger partial charge in [-0.15, -0.1) is 0 Å². The molecule has 1 saturated heterocycles. The number of nitrogens with one attached hydrogen (secondary N) is 1. The summed E-state index contributed by atoms with van der Waals surface area (Å²) >= 11 is 0. The molecule has 20 heavy (non-hydrogen) atoms. The molecule has 0 aromatic carbocycles. The van der Waals surface area contributed by atoms with Gasteiger partial charge in [0.25, 0.3) is 10.0 Å². The van der Waals surface area contributed by atoms with Gasteiger partial charge in [-0.2, -0.15) is 9.40 Å². The van der Waals surface area contributed by atoms with E-state index in [9.17, 15) is 13.2 Å². The lowest BCUT2D eigenvalue weighted by Crippen LogP contribution is -2.41. The molecule has 0 spiro atoms. The molecule has 112 valence electrons. The summed E-state index contributed by atoms with van der Waals surface area (Å²) in [5, 5.41) is 14.8. The van der Waals surface area contributed by atoms with Crippen molar-refractivity contribution in [1.29, 1.82) is 0 Å². The van der Waals surface area contributed by atoms with Crippen LogP contribution in [0.15, 0.2) is 5.03 Å². The predicted molar refractivity (Wildman–Crippen MR) is 69.1 cm³/mol. The number of hydrogen-bond acceptors (Lipinski definition) is 5. The van der Waals surface area contributed by atoms with Gasteiger partial charge in [0.1, 0.15) is 5.56 Å². The van der Waals surface area contributed by atoms with Gasteiger partial charge in [0, 0.05) is 32.0 Å². The first-order valence-corrected chi connectivity index (χ1v) is 7.63. The van der Waals surface area contributed by atoms with Crippen molar-refractivity contribution in [3.63, 3.8) is 0 Å². The van der Waals surface area contributed by atoms with Gasteiger partial charge in [-0.05, 0) is 19.8 Å². The molecule has 0 saturated carbocycles. The van der Waals surface area contributed by atoms with Gasteiger partial charge in [-0.25, -0.2) is 13.2 Å². The lowest BCUT2D eigenvalue weighted by Gasteiger charge is -2.29. The molecule has 2 N–H and O–H groups in total. The van der Waals surface area contributed by atoms with E-state index in [-0.39, 0.29) is 17.3 Å². The van der Waals surface area contributed by atoms with Crippen LogP contribution in [0.5, 0.6) is 0 Å². The first-order valence-electron chi connectivity index (χ1n) is 6.19. The van der Waals surface area contributed by atoms with Crippen LogP contribution in [0, 0.1) is 6.92 Å². The Balaban J connectivity index is 2.37. The number of carboxylic acids is 1. The van der Waals surface area contributed by atoms with Crippen LogP contribution in [0.4, 0.5) is 0 Å². The number of sulfonamides is 1. The molecule has 0 unspecified atom stereocenters. The highest BCUT2D eigenvalue weighted by atomic mass is 32.2. The number of aryl methyl sites for hydroxylation is 1. The summed E-state index contributed by atoms with van der Waals surface area (Å²) in [6, 6.07) is -0.201. The number of rotatable bonds is 4. The van der Waals surface area contributed by atoms with Crippen molar-refractivity contribution in [1.82, 2.24) is 14.5 Å². The molecule has 0 aliphatic carbocycles. The molecule has 2 heterocycles. The monoisotopic (exact) mass is 303 g/mol. The Morgan fingerprint density at radius 2 is 2.05 bits per heavy atom. The van der Waals surface area contributed by atoms with Crippen LogP contribution in [0.25, 0.3) is 0 Å². The van der Waals surface area contributed by atoms with Gasteiger partial charge >= 0.3 is 5.97 Å². The minimum atomic E-state index is -3.94. The number of aromatic amines is 1. The van der Waals surface area contributed by atoms with E-state index >= 15 is 0 Å². The lowest BCUT2D eigenvalue weighted by molar-refractivity contribution is 0.0628. The fraction of sp³-hybridized carbons (Fsp3) is 0.636. The van der Waals surface area contributed by atoms with Gasteiger partial charge in [0.15, 0.2) is 0 Å². The summed E-state index contributed by atoms with van der Waals surface area (Å²) in [5.74, 6) is -1.31. The Morgan fingerprint density at radius 1 is 1.45 bits per heavy atom. The maximum absolute atomic E-state index is 12.5. The predicted octanol–water partition coefficient (Wildman–Crippen LogP) is 0.216. The number of aromatic nitrogens is 2. The first-order chi connectivity index (χ1) is 9.35. The van der Waals surface area contributed by atoms with Gasteiger partial charge in [-0.3, -0.25) is 5.10 Å². The average molecular weight is 303 g/mol. The number of ether oxygens (including phenoxy) is 1. The van der Waals surface area contributed by atoms with Gasteiger partial charge in [-0.1, -0.05) is 0 Å². The Kier molecular flexibility index (Phi) is 4.11. The van der Waals surface area contributed by atoms with Crippen LogP contribution in [-0.2, 0) is 14.8 Å². The highest BCUT2D eigenvalue weighted by molar-refractivity contribution is 7.89. The lowest BCUT2D eigenvalue weighted by atomic mass is 10.1. The van der Waals surface area contributed by atoms with Gasteiger partial charge in [0.2, 0.25) is 5.03 Å². The smallest absolute Gasteiger partial charge is 0.340 e. The highest BCUT2D eigenvalue weighted by Crippen LogP contribution is 2.24. The number of hydrogen-bond donors (Lipinski definition) is 2. The zero-order chi connectivity index (χ0) is 14.9. The van der Waals surface area contributed by atoms with Crippen molar-refractivity contribution in [2.45, 2.75) is 30.8 Å². The van der Waals surface area contributed by atoms with Crippen LogP contribution < -0.4 is 0 Å². The Hall–Kier alpha value is -1.45. The third kappa shape index (κ3) is 2.56. The van der Waals surface area contributed by atoms with E-state index in [0.717, 1.165) is 0 Å². The van der Waals surface area contributed by atoms with E-state index in [2.05, 4.69) is 10.2 Å². The number of carbonyl (C=O) groups is 1. The van der Waals surface area contributed by atoms with Crippen molar-refractivity contribution in [2.24, 2.45) is 0 Å². The number of carboxylic acid groups (broad SMARTS) is 1. The molecular formula is C11H17N3O5S. The molecule has 1 fully saturated rings. The number of H-pyrrole nitrogens is 1. The summed E-state index contributed by atoms with van der Waals surface area (Å²) in [7, 11) is -2.49. The molecule has 9 heteroatoms. The summed E-state index contributed by atoms with van der Waals surface area (Å²) in [6.07, 6.45) is 1.17. The molecule has 0 bridgehead atoms. The number of aromatic carboxylic acids is 1. The van der Waals surface area contributed by atoms with Crippen molar-refractivity contribution >= 4 is 16.0 Å². The molecule has 0 amide bonds. The summed E-state index contributed by atoms with van der Waals surface area (Å²) in [5.41, 5.74) is -0.0830. The van der Waals surface area contributed by atoms with E-state index in [1.54, 1.807) is 0 Å². The van der Waals surface area contributed by atoms with E-state index < -0.39 is 21.0 Å². The Labute approximate surface area is 116 Å². The van der Waals surface area contributed by atoms with Gasteiger partial charge < -0.3 is 9.84 Å². The zero-order valence-corrected chi connectivity index (χ0v) is 12.1. The summed E-state index contributed by atoms with van der Waals surface area (Å²) < 4.78 is 31.4. The second-order valence-electron chi connectivity index (χ2n) is 4.70. The molecule has 0 radical (unpaired) electrons. The second-order valence-corrected chi connectivity index (χ2v) is 6.61. The van der Waals surface area contributed by atoms with Crippen LogP contribution in [0.1, 0.15) is 28.9 Å². The van der Waals surface area contributed by atoms with E-state index in [1.165, 1.54) is 18.3 Å². The molecule has 8 nitrogen and oxygen atoms in total. The third-order valence-corrected chi connectivity index (χ3v) is 5.30. The van der Waals surface area contributed by atoms with Crippen LogP contribution in [0.3, 0.4) is 0 Å². The fourth-order valence-corrected chi connectivity index (χ4v) is 3.76. The summed E-state index contributed by atoms with van der Waals surface area (Å²) in [4.78, 5) is 11.2. The Bertz CT molecular complexity index is 604. The van der Waals surface area contributed by atoms with Crippen molar-refractivity contribution in [2.75, 3.05) is 20.3 Å². The molecule has 1 aromatic heterocycles. The topological polar surface area (TPSA) is 113 Å². The van der Waals surface area contributed by atoms with Crippen molar-refractivity contribution < 1.29 is 23.1 Å². The maximum Gasteiger partial charge on any atom is 0.340 e. The minimum absolute atomic E-state index is 0.201. The van der Waals surface area contributed by atoms with E-state index in [1.807, 2.05) is 0 Å². The second kappa shape index (κ2) is 5.51. The van der Waals surface area contributed by atoms with Crippen LogP contribution >= 0.6 is 0 Å². The largest absolute Gasteiger partial charge is 0.478 e. The van der Waals surface area contributed by atoms with E-state index in [4.69, 9.17) is 9.84 Å². The molecule has 1 aromatic rings. The third-order valence-electron chi connectivity index (χ3n) is 3.46. The Morgan fingerprint density at radius 3 is 2.60 bits per heavy atom. The molecular weight excluding hydrogens is 286 g/mol. The van der Waals surface area contributed by atoms with Crippen molar-refractivity contribution in [3.05, 3.63) is 11.3 Å². The highest BCUT2D eigenvalue weighted by Gasteiger charge is 2.35. The fourth-order valence-electron chi connectivity index (χ4n) is 2.23. The molecule has 2 rings (SSSR count). The zero-order valence-electron chi connectivity index (χ0n) is 11.3. The molecule has 0 atom stereocenters. The SMILES string of the molecule is Cc1[nH]nc(S(=O)(=O)N(C)C2CCOCC2)c1C(=O)O. The van der Waals surface area contributed by atoms with Gasteiger partial charge in [0.05, 0.1) is 0 Å². The number of nitrogens with zero attached hydrogens (tertiary/aromatic N) is 2. The quantitative estimate of drug-likeness (QED) is 0.822. The minimum Gasteiger partial charge on any atom is -0.478 e. The van der Waals surface area contributed by atoms with Crippen LogP contribution in [0.2, 0.25) is 0 Å². The van der Waals surface area contributed by atoms with E-state index in [0.29, 0.717) is 26.1 Å². The first kappa shape index (κ1) is 14.9. The average Bonchev–Trinajstić information content (AvgIpc) is 2.81. The van der Waals surface area contributed by atoms with Crippen LogP contribution in [-0.4, -0.2) is 60.3 Å². The summed E-state index contributed by atoms with van der Waals surface area (Å²) in [6.45, 7) is 2.47. The molecule has 1 aliphatic heterocycles. The molecule has 1 aliphatic rings.